The van der Waals surface area contributed by atoms with Crippen LogP contribution in [-0.4, -0.2) is 30.8 Å². The predicted octanol–water partition coefficient (Wildman–Crippen LogP) is 2.26. The number of nitrogens with zero attached hydrogens (tertiary/aromatic N) is 1. The summed E-state index contributed by atoms with van der Waals surface area (Å²) in [5.74, 6) is -0.412. The maximum absolute atomic E-state index is 12.3. The number of carbonyl (C=O) groups excluding carboxylic acids is 2. The van der Waals surface area contributed by atoms with Crippen LogP contribution in [0.1, 0.15) is 45.4 Å². The second-order valence-corrected chi connectivity index (χ2v) is 8.76. The van der Waals surface area contributed by atoms with Crippen LogP contribution < -0.4 is 0 Å². The van der Waals surface area contributed by atoms with Gasteiger partial charge in [-0.1, -0.05) is 19.3 Å². The zero-order valence-electron chi connectivity index (χ0n) is 11.0. The average Bonchev–Trinajstić information content (AvgIpc) is 2.15. The van der Waals surface area contributed by atoms with E-state index >= 15 is 0 Å². The molecule has 0 saturated heterocycles. The summed E-state index contributed by atoms with van der Waals surface area (Å²) in [5, 5.41) is 0. The van der Waals surface area contributed by atoms with Crippen LogP contribution in [-0.2, 0) is 14.4 Å². The molecule has 0 N–H and O–H groups in total. The fourth-order valence-electron chi connectivity index (χ4n) is 2.58. The first-order valence-electron chi connectivity index (χ1n) is 6.34. The second-order valence-electron chi connectivity index (χ2n) is 5.38. The zero-order valence-corrected chi connectivity index (χ0v) is 12.0. The minimum absolute atomic E-state index is 0.0785. The molecule has 0 bridgehead atoms. The Labute approximate surface area is 104 Å². The lowest BCUT2D eigenvalue weighted by atomic mass is 9.95. The molecule has 1 amide bonds. The topological polar surface area (TPSA) is 57.3 Å². The number of ketones is 1. The zero-order chi connectivity index (χ0) is 13.1. The summed E-state index contributed by atoms with van der Waals surface area (Å²) in [6.45, 7) is 4.68. The molecule has 1 fully saturated rings. The lowest BCUT2D eigenvalue weighted by molar-refractivity contribution is -0.133. The van der Waals surface area contributed by atoms with Gasteiger partial charge in [-0.15, -0.1) is 0 Å². The highest BCUT2D eigenvalue weighted by molar-refractivity contribution is 6.69. The first-order chi connectivity index (χ1) is 7.82. The number of carbonyl (C=O) groups is 2. The monoisotopic (exact) mass is 256 g/mol. The Kier molecular flexibility index (Phi) is 4.88. The summed E-state index contributed by atoms with van der Waals surface area (Å²) in [5.41, 5.74) is 0. The molecule has 0 aromatic heterocycles. The summed E-state index contributed by atoms with van der Waals surface area (Å²) in [6.07, 6.45) is 5.07. The van der Waals surface area contributed by atoms with E-state index in [0.29, 0.717) is 0 Å². The third kappa shape index (κ3) is 4.24. The molecule has 1 aliphatic rings. The Morgan fingerprint density at radius 3 is 2.12 bits per heavy atom. The van der Waals surface area contributed by atoms with E-state index in [9.17, 15) is 14.4 Å². The van der Waals surface area contributed by atoms with Crippen molar-refractivity contribution in [1.82, 2.24) is 4.57 Å². The van der Waals surface area contributed by atoms with Gasteiger partial charge >= 0.3 is 8.48 Å². The maximum atomic E-state index is 12.3. The molecule has 4 nitrogen and oxygen atoms in total. The van der Waals surface area contributed by atoms with Gasteiger partial charge in [0, 0.05) is 6.04 Å². The molecule has 97 valence electrons. The molecule has 0 heterocycles. The molecule has 1 saturated carbocycles. The Morgan fingerprint density at radius 2 is 1.71 bits per heavy atom. The van der Waals surface area contributed by atoms with Gasteiger partial charge in [-0.25, -0.2) is 0 Å². The van der Waals surface area contributed by atoms with E-state index in [1.54, 1.807) is 13.1 Å². The fraction of sp³-hybridized carbons (Fsp3) is 0.833. The third-order valence-electron chi connectivity index (χ3n) is 3.19. The van der Waals surface area contributed by atoms with Crippen molar-refractivity contribution in [2.45, 2.75) is 64.6 Å². The summed E-state index contributed by atoms with van der Waals surface area (Å²) < 4.78 is 1.54. The SMILES string of the molecule is CC(=O)CC(=O)N(C1CCCCC1)[Si](C)(C)[O]. The van der Waals surface area contributed by atoms with Crippen LogP contribution in [0.15, 0.2) is 0 Å². The molecule has 0 aromatic rings. The molecule has 0 unspecified atom stereocenters. The largest absolute Gasteiger partial charge is 0.342 e. The molecule has 1 rings (SSSR count). The van der Waals surface area contributed by atoms with E-state index in [4.69, 9.17) is 0 Å². The predicted molar refractivity (Wildman–Crippen MR) is 67.2 cm³/mol. The molecule has 5 heteroatoms. The third-order valence-corrected chi connectivity index (χ3v) is 4.96. The highest BCUT2D eigenvalue weighted by Crippen LogP contribution is 2.26. The van der Waals surface area contributed by atoms with Crippen molar-refractivity contribution in [2.24, 2.45) is 0 Å². The van der Waals surface area contributed by atoms with E-state index < -0.39 is 8.48 Å². The molecular weight excluding hydrogens is 234 g/mol. The van der Waals surface area contributed by atoms with Crippen molar-refractivity contribution in [1.29, 1.82) is 0 Å². The van der Waals surface area contributed by atoms with E-state index in [2.05, 4.69) is 0 Å². The van der Waals surface area contributed by atoms with Gasteiger partial charge in [0.05, 0.1) is 6.42 Å². The number of Topliss-reactive ketones (excluding diaryl/α,β-unsaturated/α-hetero) is 1. The van der Waals surface area contributed by atoms with E-state index in [1.165, 1.54) is 17.9 Å². The standard InChI is InChI=1S/C12H22NO3Si/c1-10(14)9-12(15)13(17(2,3)16)11-7-5-4-6-8-11/h11H,4-9H2,1-3H3. The van der Waals surface area contributed by atoms with Crippen LogP contribution >= 0.6 is 0 Å². The van der Waals surface area contributed by atoms with Crippen molar-refractivity contribution in [3.05, 3.63) is 0 Å². The lowest BCUT2D eigenvalue weighted by Gasteiger charge is -2.39. The first kappa shape index (κ1) is 14.4. The van der Waals surface area contributed by atoms with Crippen molar-refractivity contribution in [3.63, 3.8) is 0 Å². The Bertz CT molecular complexity index is 293. The second kappa shape index (κ2) is 5.77. The van der Waals surface area contributed by atoms with Gasteiger partial charge in [-0.05, 0) is 32.9 Å². The first-order valence-corrected chi connectivity index (χ1v) is 9.20. The molecule has 0 aliphatic heterocycles. The van der Waals surface area contributed by atoms with Crippen LogP contribution in [0, 0.1) is 0 Å². The van der Waals surface area contributed by atoms with E-state index in [-0.39, 0.29) is 24.2 Å². The van der Waals surface area contributed by atoms with Crippen LogP contribution in [0.2, 0.25) is 13.1 Å². The fourth-order valence-corrected chi connectivity index (χ4v) is 4.40. The molecule has 0 spiro atoms. The average molecular weight is 256 g/mol. The minimum Gasteiger partial charge on any atom is -0.342 e. The summed E-state index contributed by atoms with van der Waals surface area (Å²) in [7, 11) is -2.92. The van der Waals surface area contributed by atoms with Crippen molar-refractivity contribution in [2.75, 3.05) is 0 Å². The molecular formula is C12H22NO3Si. The van der Waals surface area contributed by atoms with Crippen LogP contribution in [0.25, 0.3) is 0 Å². The van der Waals surface area contributed by atoms with Crippen LogP contribution in [0.4, 0.5) is 0 Å². The van der Waals surface area contributed by atoms with Crippen molar-refractivity contribution >= 4 is 20.2 Å². The number of hydrogen-bond donors (Lipinski definition) is 0. The van der Waals surface area contributed by atoms with Gasteiger partial charge in [0.2, 0.25) is 5.91 Å². The quantitative estimate of drug-likeness (QED) is 0.572. The normalized spacial score (nSPS) is 17.9. The summed E-state index contributed by atoms with van der Waals surface area (Å²) >= 11 is 0. The van der Waals surface area contributed by atoms with Gasteiger partial charge in [-0.2, -0.15) is 0 Å². The molecule has 0 aromatic carbocycles. The summed E-state index contributed by atoms with van der Waals surface area (Å²) in [6, 6.07) is 0.0785. The highest BCUT2D eigenvalue weighted by Gasteiger charge is 2.39. The minimum atomic E-state index is -2.92. The van der Waals surface area contributed by atoms with Crippen molar-refractivity contribution in [3.8, 4) is 0 Å². The van der Waals surface area contributed by atoms with E-state index in [0.717, 1.165) is 25.7 Å². The van der Waals surface area contributed by atoms with Gasteiger partial charge < -0.3 is 4.57 Å². The van der Waals surface area contributed by atoms with Gasteiger partial charge in [0.1, 0.15) is 5.78 Å². The Balaban J connectivity index is 2.79. The number of rotatable bonds is 4. The van der Waals surface area contributed by atoms with Gasteiger partial charge in [-0.3, -0.25) is 14.4 Å². The van der Waals surface area contributed by atoms with Gasteiger partial charge in [0.15, 0.2) is 0 Å². The molecule has 1 radical (unpaired) electrons. The molecule has 17 heavy (non-hydrogen) atoms. The van der Waals surface area contributed by atoms with Crippen LogP contribution in [0.5, 0.6) is 0 Å². The molecule has 1 aliphatic carbocycles. The van der Waals surface area contributed by atoms with Gasteiger partial charge in [0.25, 0.3) is 0 Å². The number of amides is 1. The molecule has 0 atom stereocenters. The Hall–Kier alpha value is -0.683. The smallest absolute Gasteiger partial charge is 0.335 e. The summed E-state index contributed by atoms with van der Waals surface area (Å²) in [4.78, 5) is 35.3. The van der Waals surface area contributed by atoms with Crippen molar-refractivity contribution < 1.29 is 14.4 Å². The Morgan fingerprint density at radius 1 is 1.18 bits per heavy atom. The highest BCUT2D eigenvalue weighted by atomic mass is 28.4. The lowest BCUT2D eigenvalue weighted by Crippen LogP contribution is -2.57. The maximum Gasteiger partial charge on any atom is 0.335 e. The van der Waals surface area contributed by atoms with E-state index in [1.807, 2.05) is 0 Å². The number of hydrogen-bond acceptors (Lipinski definition) is 2. The van der Waals surface area contributed by atoms with Crippen LogP contribution in [0.3, 0.4) is 0 Å².